The Balaban J connectivity index is 2.12. The van der Waals surface area contributed by atoms with Gasteiger partial charge in [0.15, 0.2) is 9.84 Å². The van der Waals surface area contributed by atoms with Crippen LogP contribution in [-0.4, -0.2) is 58.1 Å². The first-order valence-corrected chi connectivity index (χ1v) is 7.80. The normalized spacial score (nSPS) is 26.1. The molecule has 0 spiro atoms. The van der Waals surface area contributed by atoms with Gasteiger partial charge in [-0.25, -0.2) is 8.42 Å². The van der Waals surface area contributed by atoms with E-state index in [-0.39, 0.29) is 0 Å². The van der Waals surface area contributed by atoms with Gasteiger partial charge in [-0.1, -0.05) is 0 Å². The van der Waals surface area contributed by atoms with Crippen LogP contribution in [0.2, 0.25) is 0 Å². The van der Waals surface area contributed by atoms with Crippen molar-refractivity contribution in [3.63, 3.8) is 0 Å². The highest BCUT2D eigenvalue weighted by Crippen LogP contribution is 2.20. The average molecular weight is 248 g/mol. The van der Waals surface area contributed by atoms with Gasteiger partial charge in [0.1, 0.15) is 0 Å². The Kier molecular flexibility index (Phi) is 5.21. The maximum Gasteiger partial charge on any atom is 0.150 e. The highest BCUT2D eigenvalue weighted by molar-refractivity contribution is 7.91. The third-order valence-corrected chi connectivity index (χ3v) is 4.85. The van der Waals surface area contributed by atoms with Gasteiger partial charge in [-0.3, -0.25) is 0 Å². The fourth-order valence-corrected chi connectivity index (χ4v) is 4.16. The van der Waals surface area contributed by atoms with E-state index in [0.717, 1.165) is 25.9 Å². The molecule has 0 bridgehead atoms. The quantitative estimate of drug-likeness (QED) is 0.737. The van der Waals surface area contributed by atoms with Crippen LogP contribution in [0.25, 0.3) is 0 Å². The van der Waals surface area contributed by atoms with E-state index in [1.165, 1.54) is 0 Å². The monoisotopic (exact) mass is 248 g/mol. The van der Waals surface area contributed by atoms with E-state index in [0.29, 0.717) is 23.5 Å². The molecule has 1 heterocycles. The molecule has 0 saturated carbocycles. The van der Waals surface area contributed by atoms with Crippen molar-refractivity contribution in [1.82, 2.24) is 10.2 Å². The summed E-state index contributed by atoms with van der Waals surface area (Å²) in [4.78, 5) is 2.15. The number of likely N-dealkylation sites (N-methyl/N-ethyl adjacent to an activating group) is 1. The molecule has 1 saturated heterocycles. The molecule has 4 nitrogen and oxygen atoms in total. The average Bonchev–Trinajstić information content (AvgIpc) is 2.44. The number of nitrogens with zero attached hydrogens (tertiary/aromatic N) is 1. The minimum absolute atomic E-state index is 0.379. The molecular formula is C11H24N2O2S. The van der Waals surface area contributed by atoms with Crippen molar-refractivity contribution in [2.75, 3.05) is 38.7 Å². The van der Waals surface area contributed by atoms with Gasteiger partial charge in [-0.05, 0) is 46.3 Å². The lowest BCUT2D eigenvalue weighted by molar-refractivity contribution is 0.344. The topological polar surface area (TPSA) is 49.4 Å². The van der Waals surface area contributed by atoms with Crippen molar-refractivity contribution >= 4 is 9.84 Å². The van der Waals surface area contributed by atoms with Crippen molar-refractivity contribution in [3.05, 3.63) is 0 Å². The Morgan fingerprint density at radius 2 is 2.12 bits per heavy atom. The van der Waals surface area contributed by atoms with Crippen molar-refractivity contribution in [1.29, 1.82) is 0 Å². The van der Waals surface area contributed by atoms with E-state index in [9.17, 15) is 8.42 Å². The summed E-state index contributed by atoms with van der Waals surface area (Å²) in [5.41, 5.74) is 0. The Morgan fingerprint density at radius 3 is 2.62 bits per heavy atom. The fourth-order valence-electron chi connectivity index (χ4n) is 2.25. The van der Waals surface area contributed by atoms with Crippen molar-refractivity contribution in [2.24, 2.45) is 5.92 Å². The van der Waals surface area contributed by atoms with Crippen molar-refractivity contribution in [3.8, 4) is 0 Å². The van der Waals surface area contributed by atoms with Crippen LogP contribution in [0.1, 0.15) is 19.8 Å². The molecule has 0 radical (unpaired) electrons. The zero-order valence-corrected chi connectivity index (χ0v) is 11.4. The molecule has 0 aromatic rings. The molecule has 0 amide bonds. The zero-order valence-electron chi connectivity index (χ0n) is 10.6. The van der Waals surface area contributed by atoms with E-state index in [1.54, 1.807) is 0 Å². The van der Waals surface area contributed by atoms with E-state index in [2.05, 4.69) is 31.2 Å². The molecule has 16 heavy (non-hydrogen) atoms. The predicted molar refractivity (Wildman–Crippen MR) is 67.4 cm³/mol. The third kappa shape index (κ3) is 5.27. The SMILES string of the molecule is CC(CN(C)C)NCCC1CCS(=O)(=O)C1. The van der Waals surface area contributed by atoms with Crippen LogP contribution in [0.5, 0.6) is 0 Å². The molecule has 1 rings (SSSR count). The lowest BCUT2D eigenvalue weighted by Gasteiger charge is -2.19. The second-order valence-electron chi connectivity index (χ2n) is 5.18. The van der Waals surface area contributed by atoms with E-state index in [4.69, 9.17) is 0 Å². The molecular weight excluding hydrogens is 224 g/mol. The van der Waals surface area contributed by atoms with Crippen molar-refractivity contribution < 1.29 is 8.42 Å². The minimum Gasteiger partial charge on any atom is -0.313 e. The Morgan fingerprint density at radius 1 is 1.44 bits per heavy atom. The molecule has 0 aromatic heterocycles. The molecule has 1 aliphatic rings. The second kappa shape index (κ2) is 5.98. The molecule has 2 atom stereocenters. The van der Waals surface area contributed by atoms with Gasteiger partial charge in [0.05, 0.1) is 11.5 Å². The molecule has 1 N–H and O–H groups in total. The lowest BCUT2D eigenvalue weighted by Crippen LogP contribution is -2.36. The van der Waals surface area contributed by atoms with Gasteiger partial charge in [-0.15, -0.1) is 0 Å². The van der Waals surface area contributed by atoms with Gasteiger partial charge < -0.3 is 10.2 Å². The number of sulfone groups is 1. The maximum atomic E-state index is 11.3. The number of hydrogen-bond donors (Lipinski definition) is 1. The summed E-state index contributed by atoms with van der Waals surface area (Å²) < 4.78 is 22.5. The highest BCUT2D eigenvalue weighted by atomic mass is 32.2. The van der Waals surface area contributed by atoms with Crippen molar-refractivity contribution in [2.45, 2.75) is 25.8 Å². The summed E-state index contributed by atoms with van der Waals surface area (Å²) in [6.45, 7) is 4.10. The van der Waals surface area contributed by atoms with Gasteiger partial charge in [0, 0.05) is 12.6 Å². The van der Waals surface area contributed by atoms with Gasteiger partial charge >= 0.3 is 0 Å². The zero-order chi connectivity index (χ0) is 12.2. The number of nitrogens with one attached hydrogen (secondary N) is 1. The largest absolute Gasteiger partial charge is 0.313 e. The highest BCUT2D eigenvalue weighted by Gasteiger charge is 2.27. The van der Waals surface area contributed by atoms with Gasteiger partial charge in [0.25, 0.3) is 0 Å². The van der Waals surface area contributed by atoms with Crippen LogP contribution < -0.4 is 5.32 Å². The molecule has 1 fully saturated rings. The summed E-state index contributed by atoms with van der Waals surface area (Å²) in [5, 5.41) is 3.43. The van der Waals surface area contributed by atoms with E-state index in [1.807, 2.05) is 0 Å². The number of rotatable bonds is 6. The smallest absolute Gasteiger partial charge is 0.150 e. The third-order valence-electron chi connectivity index (χ3n) is 3.01. The Hall–Kier alpha value is -0.130. The Labute approximate surface area is 99.3 Å². The first-order chi connectivity index (χ1) is 7.39. The summed E-state index contributed by atoms with van der Waals surface area (Å²) in [5.74, 6) is 1.17. The van der Waals surface area contributed by atoms with Gasteiger partial charge in [0.2, 0.25) is 0 Å². The van der Waals surface area contributed by atoms with E-state index >= 15 is 0 Å². The Bertz CT molecular complexity index is 301. The molecule has 96 valence electrons. The molecule has 0 aliphatic carbocycles. The fraction of sp³-hybridized carbons (Fsp3) is 1.00. The van der Waals surface area contributed by atoms with Crippen LogP contribution in [0.15, 0.2) is 0 Å². The minimum atomic E-state index is -2.70. The summed E-state index contributed by atoms with van der Waals surface area (Å²) >= 11 is 0. The summed E-state index contributed by atoms with van der Waals surface area (Å²) in [6.07, 6.45) is 1.84. The standard InChI is InChI=1S/C11H24N2O2S/c1-10(8-13(2)3)12-6-4-11-5-7-16(14,15)9-11/h10-12H,4-9H2,1-3H3. The number of hydrogen-bond acceptors (Lipinski definition) is 4. The van der Waals surface area contributed by atoms with Crippen LogP contribution in [0.3, 0.4) is 0 Å². The second-order valence-corrected chi connectivity index (χ2v) is 7.40. The van der Waals surface area contributed by atoms with Crippen LogP contribution in [0.4, 0.5) is 0 Å². The molecule has 1 aliphatic heterocycles. The summed E-state index contributed by atoms with van der Waals surface area (Å²) in [6, 6.07) is 0.466. The summed E-state index contributed by atoms with van der Waals surface area (Å²) in [7, 11) is 1.41. The van der Waals surface area contributed by atoms with E-state index < -0.39 is 9.84 Å². The van der Waals surface area contributed by atoms with Crippen LogP contribution in [0, 0.1) is 5.92 Å². The molecule has 2 unspecified atom stereocenters. The first kappa shape index (κ1) is 13.9. The first-order valence-electron chi connectivity index (χ1n) is 5.97. The van der Waals surface area contributed by atoms with Crippen LogP contribution in [-0.2, 0) is 9.84 Å². The maximum absolute atomic E-state index is 11.3. The predicted octanol–water partition coefficient (Wildman–Crippen LogP) is 0.351. The van der Waals surface area contributed by atoms with Gasteiger partial charge in [-0.2, -0.15) is 0 Å². The lowest BCUT2D eigenvalue weighted by atomic mass is 10.1. The van der Waals surface area contributed by atoms with Crippen LogP contribution >= 0.6 is 0 Å². The molecule has 0 aromatic carbocycles. The molecule has 5 heteroatoms.